The van der Waals surface area contributed by atoms with Gasteiger partial charge in [0.1, 0.15) is 0 Å². The maximum absolute atomic E-state index is 9.22. The Morgan fingerprint density at radius 2 is 1.32 bits per heavy atom. The van der Waals surface area contributed by atoms with Gasteiger partial charge in [-0.15, -0.1) is 0 Å². The van der Waals surface area contributed by atoms with E-state index in [0.29, 0.717) is 18.0 Å². The molecule has 5 N–H and O–H groups in total. The van der Waals surface area contributed by atoms with Crippen molar-refractivity contribution in [3.05, 3.63) is 35.4 Å². The molecule has 142 valence electrons. The Kier molecular flexibility index (Phi) is 9.43. The van der Waals surface area contributed by atoms with Crippen molar-refractivity contribution in [1.29, 1.82) is 0 Å². The summed E-state index contributed by atoms with van der Waals surface area (Å²) in [6, 6.07) is 9.25. The van der Waals surface area contributed by atoms with Gasteiger partial charge in [0.05, 0.1) is 6.61 Å². The molecule has 0 amide bonds. The predicted octanol–water partition coefficient (Wildman–Crippen LogP) is 0.877. The SMILES string of the molecule is CC1NCCNCCCNCCNC(C)C1Cc1ccc(CO)cc1. The van der Waals surface area contributed by atoms with Crippen molar-refractivity contribution in [3.63, 3.8) is 0 Å². The number of hydrogen-bond acceptors (Lipinski definition) is 5. The Balaban J connectivity index is 1.99. The van der Waals surface area contributed by atoms with Crippen LogP contribution in [0.25, 0.3) is 0 Å². The van der Waals surface area contributed by atoms with Crippen molar-refractivity contribution in [3.8, 4) is 0 Å². The molecule has 1 aromatic carbocycles. The van der Waals surface area contributed by atoms with Gasteiger partial charge in [0.25, 0.3) is 0 Å². The first-order valence-corrected chi connectivity index (χ1v) is 9.77. The third kappa shape index (κ3) is 7.42. The minimum absolute atomic E-state index is 0.111. The van der Waals surface area contributed by atoms with Gasteiger partial charge >= 0.3 is 0 Å². The van der Waals surface area contributed by atoms with E-state index in [0.717, 1.165) is 51.3 Å². The summed E-state index contributed by atoms with van der Waals surface area (Å²) in [5, 5.41) is 23.6. The molecule has 1 saturated heterocycles. The van der Waals surface area contributed by atoms with Crippen LogP contribution < -0.4 is 21.3 Å². The molecule has 2 unspecified atom stereocenters. The summed E-state index contributed by atoms with van der Waals surface area (Å²) < 4.78 is 0. The normalized spacial score (nSPS) is 27.6. The summed E-state index contributed by atoms with van der Waals surface area (Å²) in [4.78, 5) is 0. The van der Waals surface area contributed by atoms with Crippen molar-refractivity contribution in [2.45, 2.75) is 45.4 Å². The molecule has 0 spiro atoms. The third-order valence-corrected chi connectivity index (χ3v) is 5.20. The highest BCUT2D eigenvalue weighted by Gasteiger charge is 2.23. The summed E-state index contributed by atoms with van der Waals surface area (Å²) in [5.41, 5.74) is 2.31. The lowest BCUT2D eigenvalue weighted by atomic mass is 9.87. The van der Waals surface area contributed by atoms with Gasteiger partial charge in [0.2, 0.25) is 0 Å². The summed E-state index contributed by atoms with van der Waals surface area (Å²) in [5.74, 6) is 0.517. The molecule has 5 nitrogen and oxygen atoms in total. The molecule has 0 aliphatic carbocycles. The highest BCUT2D eigenvalue weighted by atomic mass is 16.3. The second-order valence-corrected chi connectivity index (χ2v) is 7.18. The van der Waals surface area contributed by atoms with Crippen LogP contribution in [-0.2, 0) is 13.0 Å². The Morgan fingerprint density at radius 1 is 0.800 bits per heavy atom. The van der Waals surface area contributed by atoms with Gasteiger partial charge in [-0.1, -0.05) is 24.3 Å². The topological polar surface area (TPSA) is 68.3 Å². The minimum atomic E-state index is 0.111. The van der Waals surface area contributed by atoms with Crippen LogP contribution in [0.4, 0.5) is 0 Å². The lowest BCUT2D eigenvalue weighted by Crippen LogP contribution is -2.48. The molecule has 1 aliphatic heterocycles. The van der Waals surface area contributed by atoms with Crippen LogP contribution in [0.3, 0.4) is 0 Å². The number of rotatable bonds is 3. The molecule has 1 heterocycles. The van der Waals surface area contributed by atoms with Crippen LogP contribution in [0.1, 0.15) is 31.4 Å². The summed E-state index contributed by atoms with van der Waals surface area (Å²) in [6.07, 6.45) is 2.21. The van der Waals surface area contributed by atoms with Gasteiger partial charge in [0, 0.05) is 38.3 Å². The fraction of sp³-hybridized carbons (Fsp3) is 0.700. The molecule has 1 aromatic rings. The number of aliphatic hydroxyl groups excluding tert-OH is 1. The summed E-state index contributed by atoms with van der Waals surface area (Å²) in [6.45, 7) is 10.9. The molecule has 25 heavy (non-hydrogen) atoms. The van der Waals surface area contributed by atoms with E-state index >= 15 is 0 Å². The molecule has 5 heteroatoms. The number of hydrogen-bond donors (Lipinski definition) is 5. The lowest BCUT2D eigenvalue weighted by Gasteiger charge is -2.32. The molecule has 0 saturated carbocycles. The maximum Gasteiger partial charge on any atom is 0.0681 e. The second-order valence-electron chi connectivity index (χ2n) is 7.18. The fourth-order valence-corrected chi connectivity index (χ4v) is 3.51. The van der Waals surface area contributed by atoms with Gasteiger partial charge in [-0.3, -0.25) is 0 Å². The lowest BCUT2D eigenvalue weighted by molar-refractivity contribution is 0.281. The number of aliphatic hydroxyl groups is 1. The molecular weight excluding hydrogens is 312 g/mol. The van der Waals surface area contributed by atoms with Crippen LogP contribution in [0.5, 0.6) is 0 Å². The monoisotopic (exact) mass is 348 g/mol. The first-order chi connectivity index (χ1) is 12.2. The molecular formula is C20H36N4O. The van der Waals surface area contributed by atoms with Gasteiger partial charge in [-0.25, -0.2) is 0 Å². The van der Waals surface area contributed by atoms with Gasteiger partial charge in [0.15, 0.2) is 0 Å². The van der Waals surface area contributed by atoms with Gasteiger partial charge in [-0.2, -0.15) is 0 Å². The summed E-state index contributed by atoms with van der Waals surface area (Å²) in [7, 11) is 0. The Morgan fingerprint density at radius 3 is 1.84 bits per heavy atom. The first kappa shape index (κ1) is 20.3. The quantitative estimate of drug-likeness (QED) is 0.561. The largest absolute Gasteiger partial charge is 0.392 e. The Hall–Kier alpha value is -0.980. The van der Waals surface area contributed by atoms with Crippen molar-refractivity contribution in [1.82, 2.24) is 21.3 Å². The van der Waals surface area contributed by atoms with Crippen LogP contribution in [0.2, 0.25) is 0 Å². The molecule has 0 radical (unpaired) electrons. The second kappa shape index (κ2) is 11.6. The maximum atomic E-state index is 9.22. The van der Waals surface area contributed by atoms with Crippen LogP contribution in [0.15, 0.2) is 24.3 Å². The molecule has 2 atom stereocenters. The highest BCUT2D eigenvalue weighted by Crippen LogP contribution is 2.17. The molecule has 2 rings (SSSR count). The average molecular weight is 349 g/mol. The Labute approximate surface area is 153 Å². The summed E-state index contributed by atoms with van der Waals surface area (Å²) >= 11 is 0. The number of benzene rings is 1. The smallest absolute Gasteiger partial charge is 0.0681 e. The fourth-order valence-electron chi connectivity index (χ4n) is 3.51. The van der Waals surface area contributed by atoms with E-state index in [1.54, 1.807) is 0 Å². The first-order valence-electron chi connectivity index (χ1n) is 9.77. The van der Waals surface area contributed by atoms with E-state index in [1.165, 1.54) is 12.0 Å². The van der Waals surface area contributed by atoms with E-state index in [2.05, 4.69) is 47.2 Å². The predicted molar refractivity (Wildman–Crippen MR) is 105 cm³/mol. The van der Waals surface area contributed by atoms with Crippen molar-refractivity contribution < 1.29 is 5.11 Å². The van der Waals surface area contributed by atoms with E-state index in [4.69, 9.17) is 0 Å². The minimum Gasteiger partial charge on any atom is -0.392 e. The van der Waals surface area contributed by atoms with Crippen molar-refractivity contribution in [2.75, 3.05) is 39.3 Å². The van der Waals surface area contributed by atoms with E-state index < -0.39 is 0 Å². The van der Waals surface area contributed by atoms with E-state index in [-0.39, 0.29) is 6.61 Å². The zero-order chi connectivity index (χ0) is 17.9. The van der Waals surface area contributed by atoms with Crippen molar-refractivity contribution >= 4 is 0 Å². The third-order valence-electron chi connectivity index (χ3n) is 5.20. The zero-order valence-electron chi connectivity index (χ0n) is 15.9. The Bertz CT molecular complexity index is 447. The van der Waals surface area contributed by atoms with Gasteiger partial charge < -0.3 is 26.4 Å². The van der Waals surface area contributed by atoms with Gasteiger partial charge in [-0.05, 0) is 56.8 Å². The highest BCUT2D eigenvalue weighted by molar-refractivity contribution is 5.22. The van der Waals surface area contributed by atoms with E-state index in [1.807, 2.05) is 12.1 Å². The molecule has 1 aliphatic rings. The van der Waals surface area contributed by atoms with Crippen LogP contribution >= 0.6 is 0 Å². The molecule has 0 bridgehead atoms. The van der Waals surface area contributed by atoms with Crippen LogP contribution in [0, 0.1) is 5.92 Å². The van der Waals surface area contributed by atoms with Crippen LogP contribution in [-0.4, -0.2) is 56.5 Å². The molecule has 0 aromatic heterocycles. The average Bonchev–Trinajstić information content (AvgIpc) is 2.63. The van der Waals surface area contributed by atoms with E-state index in [9.17, 15) is 5.11 Å². The number of nitrogens with one attached hydrogen (secondary N) is 4. The standard InChI is InChI=1S/C20H36N4O/c1-16-20(14-18-4-6-19(15-25)7-5-18)17(2)24-13-11-22-9-3-8-21-10-12-23-16/h4-7,16-17,20-25H,3,8-15H2,1-2H3. The zero-order valence-corrected chi connectivity index (χ0v) is 15.9. The van der Waals surface area contributed by atoms with Crippen molar-refractivity contribution in [2.24, 2.45) is 5.92 Å². The molecule has 1 fully saturated rings.